The second kappa shape index (κ2) is 9.30. The van der Waals surface area contributed by atoms with Crippen molar-refractivity contribution >= 4 is 17.1 Å². The highest BCUT2D eigenvalue weighted by atomic mass is 16.5. The van der Waals surface area contributed by atoms with Gasteiger partial charge in [-0.2, -0.15) is 9.78 Å². The summed E-state index contributed by atoms with van der Waals surface area (Å²) in [6.07, 6.45) is 4.06. The Morgan fingerprint density at radius 2 is 1.83 bits per heavy atom. The van der Waals surface area contributed by atoms with Gasteiger partial charge in [0.05, 0.1) is 19.3 Å². The van der Waals surface area contributed by atoms with Gasteiger partial charge in [-0.1, -0.05) is 30.4 Å². The van der Waals surface area contributed by atoms with E-state index in [0.29, 0.717) is 6.04 Å². The fourth-order valence-corrected chi connectivity index (χ4v) is 5.42. The molecule has 0 N–H and O–H groups in total. The molecular formula is C28H32N6O. The zero-order chi connectivity index (χ0) is 23.8. The fourth-order valence-electron chi connectivity index (χ4n) is 5.42. The minimum Gasteiger partial charge on any atom is -0.378 e. The number of hydrogen-bond donors (Lipinski definition) is 0. The van der Waals surface area contributed by atoms with Crippen LogP contribution >= 0.6 is 0 Å². The highest BCUT2D eigenvalue weighted by molar-refractivity contribution is 5.84. The van der Waals surface area contributed by atoms with Crippen molar-refractivity contribution < 1.29 is 4.74 Å². The molecule has 6 rings (SSSR count). The molecule has 0 aliphatic carbocycles. The number of aromatic nitrogens is 3. The molecule has 1 atom stereocenters. The number of allylic oxidation sites excluding steroid dienone is 1. The van der Waals surface area contributed by atoms with Gasteiger partial charge in [0.1, 0.15) is 5.84 Å². The van der Waals surface area contributed by atoms with Gasteiger partial charge in [0.2, 0.25) is 0 Å². The molecule has 4 heterocycles. The number of likely N-dealkylation sites (tertiary alicyclic amines) is 1. The van der Waals surface area contributed by atoms with Crippen molar-refractivity contribution in [2.45, 2.75) is 38.6 Å². The number of ether oxygens (including phenoxy) is 1. The van der Waals surface area contributed by atoms with Gasteiger partial charge in [-0.25, -0.2) is 0 Å². The molecule has 2 saturated heterocycles. The Labute approximate surface area is 206 Å². The first-order valence-electron chi connectivity index (χ1n) is 12.6. The minimum absolute atomic E-state index is 0.349. The number of amidine groups is 1. The van der Waals surface area contributed by atoms with Crippen LogP contribution in [0.15, 0.2) is 60.2 Å². The van der Waals surface area contributed by atoms with Crippen LogP contribution in [0.1, 0.15) is 49.2 Å². The van der Waals surface area contributed by atoms with E-state index in [-0.39, 0.29) is 0 Å². The molecule has 3 aliphatic heterocycles. The van der Waals surface area contributed by atoms with Crippen molar-refractivity contribution in [3.63, 3.8) is 0 Å². The second-order valence-corrected chi connectivity index (χ2v) is 9.67. The van der Waals surface area contributed by atoms with Crippen LogP contribution in [0.25, 0.3) is 17.0 Å². The number of anilines is 1. The maximum atomic E-state index is 5.48. The van der Waals surface area contributed by atoms with Crippen LogP contribution in [-0.2, 0) is 11.2 Å². The second-order valence-electron chi connectivity index (χ2n) is 9.67. The molecule has 3 aliphatic rings. The van der Waals surface area contributed by atoms with Crippen LogP contribution in [0.3, 0.4) is 0 Å². The van der Waals surface area contributed by atoms with Crippen molar-refractivity contribution in [1.82, 2.24) is 19.8 Å². The van der Waals surface area contributed by atoms with Gasteiger partial charge in [0.15, 0.2) is 11.6 Å². The van der Waals surface area contributed by atoms with Crippen molar-refractivity contribution in [3.8, 4) is 11.4 Å². The molecule has 0 saturated carbocycles. The molecule has 0 amide bonds. The number of nitrogens with zero attached hydrogens (tertiary/aromatic N) is 6. The molecule has 3 aromatic rings. The summed E-state index contributed by atoms with van der Waals surface area (Å²) >= 11 is 0. The zero-order valence-electron chi connectivity index (χ0n) is 20.4. The molecular weight excluding hydrogens is 436 g/mol. The van der Waals surface area contributed by atoms with Crippen molar-refractivity contribution in [3.05, 3.63) is 72.1 Å². The summed E-state index contributed by atoms with van der Waals surface area (Å²) in [6, 6.07) is 17.8. The SMILES string of the molecule is C=C(C)c1cccc(C2CCCN2C2=Nn3c(nnc3-c3ccc(N4CCOCC4)cc3)CC2)c1. The Hall–Kier alpha value is -3.45. The summed E-state index contributed by atoms with van der Waals surface area (Å²) in [5.41, 5.74) is 5.92. The number of morpholine rings is 1. The normalized spacial score (nSPS) is 20.0. The zero-order valence-corrected chi connectivity index (χ0v) is 20.4. The summed E-state index contributed by atoms with van der Waals surface area (Å²) in [6.45, 7) is 10.7. The highest BCUT2D eigenvalue weighted by Gasteiger charge is 2.31. The van der Waals surface area contributed by atoms with E-state index in [4.69, 9.17) is 9.84 Å². The Kier molecular flexibility index (Phi) is 5.86. The van der Waals surface area contributed by atoms with Gasteiger partial charge >= 0.3 is 0 Å². The van der Waals surface area contributed by atoms with E-state index in [9.17, 15) is 0 Å². The van der Waals surface area contributed by atoms with Gasteiger partial charge in [-0.3, -0.25) is 0 Å². The minimum atomic E-state index is 0.349. The van der Waals surface area contributed by atoms with E-state index in [1.54, 1.807) is 0 Å². The van der Waals surface area contributed by atoms with Crippen LogP contribution in [0, 0.1) is 0 Å². The molecule has 1 unspecified atom stereocenters. The number of aryl methyl sites for hydroxylation is 1. The molecule has 35 heavy (non-hydrogen) atoms. The number of benzene rings is 2. The molecule has 1 aromatic heterocycles. The molecule has 7 heteroatoms. The lowest BCUT2D eigenvalue weighted by molar-refractivity contribution is 0.122. The quantitative estimate of drug-likeness (QED) is 0.553. The summed E-state index contributed by atoms with van der Waals surface area (Å²) < 4.78 is 7.44. The standard InChI is InChI=1S/C28H32N6O/c1-20(2)22-5-3-6-23(19-22)25-7-4-14-33(25)27-13-12-26-29-30-28(34(26)31-27)21-8-10-24(11-9-21)32-15-17-35-18-16-32/h3,5-6,8-11,19,25H,1,4,7,12-18H2,2H3. The van der Waals surface area contributed by atoms with Crippen LogP contribution in [0.5, 0.6) is 0 Å². The first kappa shape index (κ1) is 22.0. The third-order valence-electron chi connectivity index (χ3n) is 7.34. The first-order chi connectivity index (χ1) is 17.2. The van der Waals surface area contributed by atoms with Crippen molar-refractivity contribution in [1.29, 1.82) is 0 Å². The third-order valence-corrected chi connectivity index (χ3v) is 7.34. The lowest BCUT2D eigenvalue weighted by atomic mass is 9.99. The van der Waals surface area contributed by atoms with E-state index in [1.165, 1.54) is 23.2 Å². The van der Waals surface area contributed by atoms with Crippen molar-refractivity contribution in [2.24, 2.45) is 5.10 Å². The van der Waals surface area contributed by atoms with Gasteiger partial charge in [0, 0.05) is 43.7 Å². The molecule has 2 fully saturated rings. The third kappa shape index (κ3) is 4.25. The summed E-state index contributed by atoms with van der Waals surface area (Å²) in [5, 5.41) is 14.1. The van der Waals surface area contributed by atoms with E-state index in [2.05, 4.69) is 82.0 Å². The topological polar surface area (TPSA) is 58.8 Å². The van der Waals surface area contributed by atoms with Crippen LogP contribution in [0.2, 0.25) is 0 Å². The largest absolute Gasteiger partial charge is 0.378 e. The molecule has 0 spiro atoms. The first-order valence-corrected chi connectivity index (χ1v) is 12.6. The number of rotatable bonds is 4. The Balaban J connectivity index is 1.27. The van der Waals surface area contributed by atoms with Gasteiger partial charge in [0.25, 0.3) is 0 Å². The lowest BCUT2D eigenvalue weighted by Crippen LogP contribution is -2.36. The molecule has 7 nitrogen and oxygen atoms in total. The molecule has 0 radical (unpaired) electrons. The molecule has 0 bridgehead atoms. The predicted octanol–water partition coefficient (Wildman–Crippen LogP) is 4.76. The average molecular weight is 469 g/mol. The monoisotopic (exact) mass is 468 g/mol. The average Bonchev–Trinajstić information content (AvgIpc) is 3.57. The van der Waals surface area contributed by atoms with E-state index < -0.39 is 0 Å². The predicted molar refractivity (Wildman–Crippen MR) is 139 cm³/mol. The smallest absolute Gasteiger partial charge is 0.185 e. The van der Waals surface area contributed by atoms with E-state index in [0.717, 1.165) is 80.7 Å². The van der Waals surface area contributed by atoms with Gasteiger partial charge in [-0.05, 0) is 61.2 Å². The van der Waals surface area contributed by atoms with E-state index in [1.807, 2.05) is 4.68 Å². The summed E-state index contributed by atoms with van der Waals surface area (Å²) in [4.78, 5) is 4.85. The maximum Gasteiger partial charge on any atom is 0.185 e. The van der Waals surface area contributed by atoms with Crippen LogP contribution in [0.4, 0.5) is 5.69 Å². The Morgan fingerprint density at radius 1 is 1.00 bits per heavy atom. The number of hydrogen-bond acceptors (Lipinski definition) is 6. The van der Waals surface area contributed by atoms with Gasteiger partial charge in [-0.15, -0.1) is 10.2 Å². The Morgan fingerprint density at radius 3 is 2.63 bits per heavy atom. The van der Waals surface area contributed by atoms with Crippen LogP contribution < -0.4 is 4.90 Å². The Bertz CT molecular complexity index is 1250. The number of fused-ring (bicyclic) bond motifs is 1. The summed E-state index contributed by atoms with van der Waals surface area (Å²) in [7, 11) is 0. The highest BCUT2D eigenvalue weighted by Crippen LogP contribution is 2.35. The molecule has 180 valence electrons. The summed E-state index contributed by atoms with van der Waals surface area (Å²) in [5.74, 6) is 2.87. The van der Waals surface area contributed by atoms with E-state index >= 15 is 0 Å². The lowest BCUT2D eigenvalue weighted by Gasteiger charge is -2.30. The van der Waals surface area contributed by atoms with Crippen LogP contribution in [-0.4, -0.2) is 58.5 Å². The fraction of sp³-hybridized carbons (Fsp3) is 0.393. The van der Waals surface area contributed by atoms with Crippen molar-refractivity contribution in [2.75, 3.05) is 37.7 Å². The maximum absolute atomic E-state index is 5.48. The van der Waals surface area contributed by atoms with Gasteiger partial charge < -0.3 is 14.5 Å². The molecule has 2 aromatic carbocycles.